The van der Waals surface area contributed by atoms with E-state index in [1.165, 1.54) is 6.20 Å². The Bertz CT molecular complexity index is 1290. The van der Waals surface area contributed by atoms with E-state index in [0.29, 0.717) is 23.3 Å². The van der Waals surface area contributed by atoms with Crippen molar-refractivity contribution in [1.82, 2.24) is 30.0 Å². The minimum atomic E-state index is -4.59. The van der Waals surface area contributed by atoms with E-state index in [4.69, 9.17) is 5.73 Å². The number of aromatic nitrogens is 4. The molecule has 0 bridgehead atoms. The summed E-state index contributed by atoms with van der Waals surface area (Å²) in [6.45, 7) is 5.10. The van der Waals surface area contributed by atoms with Gasteiger partial charge in [-0.25, -0.2) is 0 Å². The molecule has 1 unspecified atom stereocenters. The van der Waals surface area contributed by atoms with Gasteiger partial charge in [0, 0.05) is 0 Å². The standard InChI is InChI=1S/C23H24F3IN7O/c1-13-7-15(3-5-29-13)14(2)31-21(35)33-11-22(27-12-33)4-6-34-19(22)9-18(32-34)16-8-17(23(24,25)26)20(28)30-10-16/h3,5,7-10,14H,4,6,11-12H2,1-2H3,(H2,28,30)(H,31,35)/q-1/t14?,22-/m0/s1. The molecule has 1 fully saturated rings. The maximum atomic E-state index is 13.3. The number of amides is 2. The number of hydrogen-bond acceptors (Lipinski definition) is 5. The Hall–Kier alpha value is -2.90. The molecule has 1 saturated heterocycles. The Balaban J connectivity index is 1.33. The van der Waals surface area contributed by atoms with Crippen LogP contribution in [0.15, 0.2) is 36.7 Å². The second-order valence-electron chi connectivity index (χ2n) is 8.86. The Morgan fingerprint density at radius 1 is 1.29 bits per heavy atom. The van der Waals surface area contributed by atoms with E-state index in [2.05, 4.69) is 20.4 Å². The molecule has 0 aliphatic carbocycles. The third-order valence-corrected chi connectivity index (χ3v) is 10.5. The molecule has 0 aromatic carbocycles. The third kappa shape index (κ3) is 4.43. The number of nitrogens with one attached hydrogen (secondary N) is 1. The molecule has 2 aliphatic rings. The number of rotatable bonds is 3. The summed E-state index contributed by atoms with van der Waals surface area (Å²) in [6, 6.07) is 6.43. The first kappa shape index (κ1) is 23.8. The third-order valence-electron chi connectivity index (χ3n) is 6.43. The molecule has 3 N–H and O–H groups in total. The zero-order chi connectivity index (χ0) is 25.0. The number of aryl methyl sites for hydroxylation is 2. The molecule has 0 saturated carbocycles. The van der Waals surface area contributed by atoms with Crippen LogP contribution in [0.3, 0.4) is 0 Å². The van der Waals surface area contributed by atoms with Crippen molar-refractivity contribution < 1.29 is 39.2 Å². The van der Waals surface area contributed by atoms with E-state index >= 15 is 0 Å². The Morgan fingerprint density at radius 2 is 2.09 bits per heavy atom. The predicted octanol–water partition coefficient (Wildman–Crippen LogP) is 0.681. The summed E-state index contributed by atoms with van der Waals surface area (Å²) in [4.78, 5) is 22.8. The van der Waals surface area contributed by atoms with Crippen LogP contribution >= 0.6 is 0 Å². The molecule has 3 aromatic rings. The summed E-state index contributed by atoms with van der Waals surface area (Å²) in [5.41, 5.74) is 8.06. The summed E-state index contributed by atoms with van der Waals surface area (Å²) in [6.07, 6.45) is -0.663. The molecule has 186 valence electrons. The van der Waals surface area contributed by atoms with Gasteiger partial charge in [-0.2, -0.15) is 0 Å². The second-order valence-corrected chi connectivity index (χ2v) is 12.4. The Morgan fingerprint density at radius 3 is 2.83 bits per heavy atom. The van der Waals surface area contributed by atoms with E-state index in [9.17, 15) is 18.0 Å². The van der Waals surface area contributed by atoms with Crippen molar-refractivity contribution in [3.8, 4) is 11.3 Å². The van der Waals surface area contributed by atoms with Crippen molar-refractivity contribution in [2.75, 3.05) is 16.8 Å². The molecule has 2 atom stereocenters. The zero-order valence-electron chi connectivity index (χ0n) is 19.1. The molecule has 1 spiro atoms. The van der Waals surface area contributed by atoms with Crippen molar-refractivity contribution in [2.24, 2.45) is 0 Å². The van der Waals surface area contributed by atoms with Crippen LogP contribution in [0.1, 0.15) is 41.9 Å². The van der Waals surface area contributed by atoms with E-state index in [1.54, 1.807) is 6.20 Å². The number of urea groups is 1. The number of nitrogen functional groups attached to an aromatic ring is 1. The molecule has 0 radical (unpaired) electrons. The number of alkyl halides is 5. The van der Waals surface area contributed by atoms with Crippen LogP contribution in [0, 0.1) is 6.92 Å². The zero-order valence-corrected chi connectivity index (χ0v) is 21.3. The van der Waals surface area contributed by atoms with E-state index in [-0.39, 0.29) is 21.1 Å². The van der Waals surface area contributed by atoms with Gasteiger partial charge in [-0.15, -0.1) is 0 Å². The molecule has 5 heterocycles. The van der Waals surface area contributed by atoms with Gasteiger partial charge in [0.05, 0.1) is 0 Å². The molecule has 2 aliphatic heterocycles. The molecule has 35 heavy (non-hydrogen) atoms. The fraction of sp³-hybridized carbons (Fsp3) is 0.391. The van der Waals surface area contributed by atoms with E-state index < -0.39 is 38.8 Å². The second kappa shape index (κ2) is 8.64. The molecule has 2 amide bonds. The van der Waals surface area contributed by atoms with Gasteiger partial charge in [0.2, 0.25) is 0 Å². The van der Waals surface area contributed by atoms with Gasteiger partial charge in [-0.3, -0.25) is 0 Å². The summed E-state index contributed by atoms with van der Waals surface area (Å²) in [7, 11) is 0. The first-order valence-corrected chi connectivity index (χ1v) is 13.7. The normalized spacial score (nSPS) is 20.5. The van der Waals surface area contributed by atoms with Crippen molar-refractivity contribution in [3.63, 3.8) is 0 Å². The van der Waals surface area contributed by atoms with Gasteiger partial charge in [-0.1, -0.05) is 0 Å². The molecule has 5 rings (SSSR count). The van der Waals surface area contributed by atoms with Crippen LogP contribution < -0.4 is 32.3 Å². The predicted molar refractivity (Wildman–Crippen MR) is 119 cm³/mol. The van der Waals surface area contributed by atoms with Crippen LogP contribution in [0.5, 0.6) is 0 Å². The summed E-state index contributed by atoms with van der Waals surface area (Å²) >= 11 is -0.406. The Labute approximate surface area is 210 Å². The average Bonchev–Trinajstić information content (AvgIpc) is 3.50. The molecule has 8 nitrogen and oxygen atoms in total. The number of fused-ring (bicyclic) bond motifs is 2. The van der Waals surface area contributed by atoms with E-state index in [1.807, 2.05) is 41.6 Å². The first-order chi connectivity index (χ1) is 16.6. The Kier molecular flexibility index (Phi) is 5.88. The molecular formula is C23H24F3IN7O-. The number of nitrogens with zero attached hydrogens (tertiary/aromatic N) is 5. The summed E-state index contributed by atoms with van der Waals surface area (Å²) in [5, 5.41) is 7.64. The SMILES string of the molecule is Cc1cc(C(C)NC(=O)N2C[I-][C@@]3(CCn4nc(-c5cnc(N)c(C(F)(F)F)c5)cc43)C2)ccn1. The molecule has 12 heteroatoms. The van der Waals surface area contributed by atoms with Gasteiger partial charge in [0.15, 0.2) is 0 Å². The van der Waals surface area contributed by atoms with Crippen molar-refractivity contribution in [2.45, 2.75) is 42.5 Å². The maximum absolute atomic E-state index is 13.3. The van der Waals surface area contributed by atoms with Crippen LogP contribution in [0.4, 0.5) is 23.8 Å². The average molecular weight is 598 g/mol. The van der Waals surface area contributed by atoms with Crippen LogP contribution in [-0.2, 0) is 16.1 Å². The van der Waals surface area contributed by atoms with Gasteiger partial charge in [0.1, 0.15) is 0 Å². The van der Waals surface area contributed by atoms with Gasteiger partial charge in [0.25, 0.3) is 0 Å². The van der Waals surface area contributed by atoms with Crippen LogP contribution in [-0.4, -0.2) is 41.8 Å². The number of nitrogens with two attached hydrogens (primary N) is 1. The first-order valence-electron chi connectivity index (χ1n) is 11.1. The van der Waals surface area contributed by atoms with Crippen molar-refractivity contribution >= 4 is 11.8 Å². The summed E-state index contributed by atoms with van der Waals surface area (Å²) < 4.78 is 42.3. The van der Waals surface area contributed by atoms with E-state index in [0.717, 1.165) is 29.4 Å². The number of carbonyl (C=O) groups excluding carboxylic acids is 1. The van der Waals surface area contributed by atoms with Crippen LogP contribution in [0.2, 0.25) is 0 Å². The minimum absolute atomic E-state index is 0.112. The summed E-state index contributed by atoms with van der Waals surface area (Å²) in [5.74, 6) is -0.552. The number of anilines is 1. The monoisotopic (exact) mass is 598 g/mol. The molecule has 3 aromatic heterocycles. The number of halogens is 4. The van der Waals surface area contributed by atoms with Gasteiger partial charge >= 0.3 is 211 Å². The fourth-order valence-electron chi connectivity index (χ4n) is 4.53. The van der Waals surface area contributed by atoms with Crippen molar-refractivity contribution in [3.05, 3.63) is 59.2 Å². The van der Waals surface area contributed by atoms with Gasteiger partial charge in [-0.05, 0) is 0 Å². The fourth-order valence-corrected chi connectivity index (χ4v) is 8.25. The topological polar surface area (TPSA) is 102 Å². The number of carbonyl (C=O) groups is 1. The molecular weight excluding hydrogens is 574 g/mol. The van der Waals surface area contributed by atoms with Crippen LogP contribution in [0.25, 0.3) is 11.3 Å². The number of pyridine rings is 2. The number of hydrogen-bond donors (Lipinski definition) is 2. The quantitative estimate of drug-likeness (QED) is 0.263. The van der Waals surface area contributed by atoms with Crippen molar-refractivity contribution in [1.29, 1.82) is 0 Å². The van der Waals surface area contributed by atoms with Gasteiger partial charge < -0.3 is 0 Å².